The predicted molar refractivity (Wildman–Crippen MR) is 78.4 cm³/mol. The molecule has 10 heteroatoms. The van der Waals surface area contributed by atoms with Crippen molar-refractivity contribution in [1.29, 1.82) is 0 Å². The van der Waals surface area contributed by atoms with E-state index in [0.29, 0.717) is 0 Å². The summed E-state index contributed by atoms with van der Waals surface area (Å²) in [4.78, 5) is 23.4. The maximum Gasteiger partial charge on any atom is 0.324 e. The SMILES string of the molecule is O=C1CNC(=O)N1C1CCN(S(=O)(=O)c2c(F)cccc2F)CC1. The second-order valence-corrected chi connectivity index (χ2v) is 7.48. The van der Waals surface area contributed by atoms with Gasteiger partial charge in [-0.05, 0) is 25.0 Å². The molecule has 2 fully saturated rings. The van der Waals surface area contributed by atoms with Gasteiger partial charge in [-0.3, -0.25) is 9.69 Å². The van der Waals surface area contributed by atoms with E-state index in [1.165, 1.54) is 0 Å². The Balaban J connectivity index is 1.77. The average Bonchev–Trinajstić information content (AvgIpc) is 2.86. The highest BCUT2D eigenvalue weighted by atomic mass is 32.2. The lowest BCUT2D eigenvalue weighted by Gasteiger charge is -2.34. The second kappa shape index (κ2) is 6.10. The molecule has 1 aromatic carbocycles. The van der Waals surface area contributed by atoms with Crippen LogP contribution in [-0.2, 0) is 14.8 Å². The minimum absolute atomic E-state index is 0.0299. The summed E-state index contributed by atoms with van der Waals surface area (Å²) < 4.78 is 53.5. The molecule has 130 valence electrons. The van der Waals surface area contributed by atoms with E-state index in [0.717, 1.165) is 27.4 Å². The summed E-state index contributed by atoms with van der Waals surface area (Å²) in [6.45, 7) is -0.131. The van der Waals surface area contributed by atoms with Gasteiger partial charge in [-0.1, -0.05) is 6.07 Å². The molecule has 0 aliphatic carbocycles. The normalized spacial score (nSPS) is 20.5. The fourth-order valence-corrected chi connectivity index (χ4v) is 4.58. The Morgan fingerprint density at radius 3 is 2.17 bits per heavy atom. The lowest BCUT2D eigenvalue weighted by Crippen LogP contribution is -2.49. The number of nitrogens with zero attached hydrogens (tertiary/aromatic N) is 2. The van der Waals surface area contributed by atoms with E-state index in [1.54, 1.807) is 0 Å². The van der Waals surface area contributed by atoms with E-state index in [2.05, 4.69) is 5.32 Å². The summed E-state index contributed by atoms with van der Waals surface area (Å²) in [5.74, 6) is -2.65. The van der Waals surface area contributed by atoms with Crippen LogP contribution in [0.3, 0.4) is 0 Å². The standard InChI is InChI=1S/C14H15F2N3O4S/c15-10-2-1-3-11(16)13(10)24(22,23)18-6-4-9(5-7-18)19-12(20)8-17-14(19)21/h1-3,9H,4-8H2,(H,17,21). The van der Waals surface area contributed by atoms with Crippen LogP contribution in [0.1, 0.15) is 12.8 Å². The largest absolute Gasteiger partial charge is 0.329 e. The van der Waals surface area contributed by atoms with Crippen LogP contribution in [0.5, 0.6) is 0 Å². The van der Waals surface area contributed by atoms with E-state index in [9.17, 15) is 26.8 Å². The van der Waals surface area contributed by atoms with Crippen molar-refractivity contribution in [3.05, 3.63) is 29.8 Å². The van der Waals surface area contributed by atoms with Gasteiger partial charge in [-0.25, -0.2) is 22.0 Å². The van der Waals surface area contributed by atoms with Crippen LogP contribution in [0.25, 0.3) is 0 Å². The third-order valence-electron chi connectivity index (χ3n) is 4.18. The van der Waals surface area contributed by atoms with Crippen molar-refractivity contribution < 1.29 is 26.8 Å². The molecule has 0 atom stereocenters. The van der Waals surface area contributed by atoms with Crippen LogP contribution >= 0.6 is 0 Å². The molecule has 0 aromatic heterocycles. The first-order chi connectivity index (χ1) is 11.3. The predicted octanol–water partition coefficient (Wildman–Crippen LogP) is 0.670. The number of halogens is 2. The van der Waals surface area contributed by atoms with Gasteiger partial charge in [0.05, 0.1) is 6.54 Å². The van der Waals surface area contributed by atoms with Crippen LogP contribution < -0.4 is 5.32 Å². The van der Waals surface area contributed by atoms with Gasteiger partial charge < -0.3 is 5.32 Å². The monoisotopic (exact) mass is 359 g/mol. The molecule has 2 saturated heterocycles. The van der Waals surface area contributed by atoms with E-state index in [1.807, 2.05) is 0 Å². The minimum Gasteiger partial charge on any atom is -0.329 e. The maximum absolute atomic E-state index is 13.8. The zero-order valence-corrected chi connectivity index (χ0v) is 13.4. The first kappa shape index (κ1) is 16.8. The molecule has 0 saturated carbocycles. The van der Waals surface area contributed by atoms with Gasteiger partial charge in [-0.2, -0.15) is 4.31 Å². The number of nitrogens with one attached hydrogen (secondary N) is 1. The fraction of sp³-hybridized carbons (Fsp3) is 0.429. The van der Waals surface area contributed by atoms with Crippen LogP contribution in [0, 0.1) is 11.6 Å². The Hall–Kier alpha value is -2.07. The van der Waals surface area contributed by atoms with Gasteiger partial charge in [0.2, 0.25) is 15.9 Å². The Morgan fingerprint density at radius 1 is 1.08 bits per heavy atom. The lowest BCUT2D eigenvalue weighted by molar-refractivity contribution is -0.127. The first-order valence-electron chi connectivity index (χ1n) is 7.36. The summed E-state index contributed by atoms with van der Waals surface area (Å²) in [7, 11) is -4.32. The summed E-state index contributed by atoms with van der Waals surface area (Å²) in [6.07, 6.45) is 0.433. The fourth-order valence-electron chi connectivity index (χ4n) is 3.00. The van der Waals surface area contributed by atoms with Gasteiger partial charge >= 0.3 is 6.03 Å². The number of benzene rings is 1. The molecule has 3 amide bonds. The van der Waals surface area contributed by atoms with Crippen molar-refractivity contribution in [3.8, 4) is 0 Å². The number of imide groups is 1. The number of urea groups is 1. The van der Waals surface area contributed by atoms with Crippen LogP contribution in [0.4, 0.5) is 13.6 Å². The van der Waals surface area contributed by atoms with E-state index >= 15 is 0 Å². The molecule has 3 rings (SSSR count). The van der Waals surface area contributed by atoms with Gasteiger partial charge in [0.15, 0.2) is 4.90 Å². The van der Waals surface area contributed by atoms with Crippen LogP contribution in [0.2, 0.25) is 0 Å². The molecule has 2 heterocycles. The smallest absolute Gasteiger partial charge is 0.324 e. The van der Waals surface area contributed by atoms with Crippen molar-refractivity contribution in [3.63, 3.8) is 0 Å². The lowest BCUT2D eigenvalue weighted by atomic mass is 10.1. The van der Waals surface area contributed by atoms with E-state index in [-0.39, 0.29) is 38.4 Å². The molecule has 2 aliphatic rings. The number of hydrogen-bond acceptors (Lipinski definition) is 4. The van der Waals surface area contributed by atoms with Crippen molar-refractivity contribution in [2.24, 2.45) is 0 Å². The van der Waals surface area contributed by atoms with Gasteiger partial charge in [-0.15, -0.1) is 0 Å². The first-order valence-corrected chi connectivity index (χ1v) is 8.80. The third kappa shape index (κ3) is 2.75. The van der Waals surface area contributed by atoms with E-state index < -0.39 is 38.6 Å². The minimum atomic E-state index is -4.32. The number of rotatable bonds is 3. The number of carbonyl (C=O) groups is 2. The Bertz CT molecular complexity index is 755. The second-order valence-electron chi connectivity index (χ2n) is 5.61. The van der Waals surface area contributed by atoms with Gasteiger partial charge in [0, 0.05) is 19.1 Å². The molecule has 7 nitrogen and oxygen atoms in total. The van der Waals surface area contributed by atoms with Crippen molar-refractivity contribution in [2.45, 2.75) is 23.8 Å². The van der Waals surface area contributed by atoms with Crippen molar-refractivity contribution in [1.82, 2.24) is 14.5 Å². The molecule has 0 radical (unpaired) electrons. The average molecular weight is 359 g/mol. The zero-order valence-electron chi connectivity index (χ0n) is 12.5. The third-order valence-corrected chi connectivity index (χ3v) is 6.13. The van der Waals surface area contributed by atoms with Gasteiger partial charge in [0.25, 0.3) is 0 Å². The number of hydrogen-bond donors (Lipinski definition) is 1. The molecule has 0 unspecified atom stereocenters. The topological polar surface area (TPSA) is 86.8 Å². The molecule has 2 aliphatic heterocycles. The zero-order chi connectivity index (χ0) is 17.5. The highest BCUT2D eigenvalue weighted by Crippen LogP contribution is 2.27. The maximum atomic E-state index is 13.8. The Kier molecular flexibility index (Phi) is 4.26. The number of amides is 3. The molecule has 0 bridgehead atoms. The highest BCUT2D eigenvalue weighted by Gasteiger charge is 2.39. The molecule has 24 heavy (non-hydrogen) atoms. The quantitative estimate of drug-likeness (QED) is 0.804. The van der Waals surface area contributed by atoms with Crippen LogP contribution in [0.15, 0.2) is 23.1 Å². The molecular formula is C14H15F2N3O4S. The van der Waals surface area contributed by atoms with Crippen molar-refractivity contribution in [2.75, 3.05) is 19.6 Å². The Morgan fingerprint density at radius 2 is 1.67 bits per heavy atom. The summed E-state index contributed by atoms with van der Waals surface area (Å²) in [5.41, 5.74) is 0. The van der Waals surface area contributed by atoms with Gasteiger partial charge in [0.1, 0.15) is 11.6 Å². The molecular weight excluding hydrogens is 344 g/mol. The van der Waals surface area contributed by atoms with E-state index in [4.69, 9.17) is 0 Å². The Labute approximate surface area is 137 Å². The van der Waals surface area contributed by atoms with Crippen molar-refractivity contribution >= 4 is 22.0 Å². The summed E-state index contributed by atoms with van der Waals surface area (Å²) in [5, 5.41) is 2.41. The number of piperidine rings is 1. The molecule has 0 spiro atoms. The summed E-state index contributed by atoms with van der Waals surface area (Å²) >= 11 is 0. The highest BCUT2D eigenvalue weighted by molar-refractivity contribution is 7.89. The summed E-state index contributed by atoms with van der Waals surface area (Å²) in [6, 6.07) is 1.94. The molecule has 1 aromatic rings. The number of sulfonamides is 1. The van der Waals surface area contributed by atoms with Crippen LogP contribution in [-0.4, -0.2) is 55.2 Å². The number of carbonyl (C=O) groups excluding carboxylic acids is 2. The molecule has 1 N–H and O–H groups in total.